The maximum absolute atomic E-state index is 10.6. The first kappa shape index (κ1) is 10.6. The Labute approximate surface area is 67.0 Å². The van der Waals surface area contributed by atoms with E-state index in [0.717, 1.165) is 0 Å². The summed E-state index contributed by atoms with van der Waals surface area (Å²) in [7, 11) is -2.05. The third kappa shape index (κ3) is 1.79. The van der Waals surface area contributed by atoms with Crippen molar-refractivity contribution < 1.29 is 15.0 Å². The second-order valence-electron chi connectivity index (χ2n) is 3.68. The predicted octanol–water partition coefficient (Wildman–Crippen LogP) is -0.362. The van der Waals surface area contributed by atoms with Crippen LogP contribution in [0.25, 0.3) is 0 Å². The molecule has 66 valence electrons. The summed E-state index contributed by atoms with van der Waals surface area (Å²) in [6.07, 6.45) is 0. The number of aliphatic hydroxyl groups is 1. The smallest absolute Gasteiger partial charge is 0.322 e. The number of aliphatic carboxylic acids is 1. The average molecular weight is 177 g/mol. The van der Waals surface area contributed by atoms with Crippen molar-refractivity contribution in [2.24, 2.45) is 5.73 Å². The van der Waals surface area contributed by atoms with Gasteiger partial charge >= 0.3 is 5.97 Å². The quantitative estimate of drug-likeness (QED) is 0.514. The summed E-state index contributed by atoms with van der Waals surface area (Å²) in [5, 5.41) is 16.1. The fourth-order valence-electron chi connectivity index (χ4n) is 0.626. The molecular weight excluding hydrogens is 162 g/mol. The number of carboxylic acids is 1. The number of hydrogen-bond acceptors (Lipinski definition) is 3. The van der Waals surface area contributed by atoms with Crippen molar-refractivity contribution in [2.75, 3.05) is 6.61 Å². The van der Waals surface area contributed by atoms with Crippen molar-refractivity contribution in [1.82, 2.24) is 0 Å². The molecule has 0 amide bonds. The summed E-state index contributed by atoms with van der Waals surface area (Å²) in [6, 6.07) is 0. The molecule has 0 aliphatic rings. The van der Waals surface area contributed by atoms with Gasteiger partial charge in [-0.3, -0.25) is 4.79 Å². The van der Waals surface area contributed by atoms with E-state index in [1.165, 1.54) is 0 Å². The van der Waals surface area contributed by atoms with Crippen LogP contribution in [0.15, 0.2) is 0 Å². The fourth-order valence-corrected chi connectivity index (χ4v) is 1.74. The third-order valence-electron chi connectivity index (χ3n) is 1.97. The van der Waals surface area contributed by atoms with E-state index in [1.54, 1.807) is 0 Å². The van der Waals surface area contributed by atoms with Gasteiger partial charge in [0.05, 0.1) is 14.7 Å². The molecule has 0 aliphatic heterocycles. The summed E-state index contributed by atoms with van der Waals surface area (Å²) in [4.78, 5) is 10.6. The molecule has 0 aromatic carbocycles. The molecule has 0 heterocycles. The highest BCUT2D eigenvalue weighted by molar-refractivity contribution is 6.82. The van der Waals surface area contributed by atoms with Gasteiger partial charge in [0.1, 0.15) is 5.16 Å². The fraction of sp³-hybridized carbons (Fsp3) is 0.833. The van der Waals surface area contributed by atoms with Crippen molar-refractivity contribution >= 4 is 14.0 Å². The Bertz CT molecular complexity index is 166. The Morgan fingerprint density at radius 1 is 1.55 bits per heavy atom. The number of carboxylic acid groups (broad SMARTS) is 1. The number of hydrogen-bond donors (Lipinski definition) is 3. The first-order valence-corrected chi connectivity index (χ1v) is 6.89. The average Bonchev–Trinajstić information content (AvgIpc) is 1.83. The first-order valence-electron chi connectivity index (χ1n) is 3.39. The van der Waals surface area contributed by atoms with Crippen LogP contribution in [0.2, 0.25) is 19.6 Å². The van der Waals surface area contributed by atoms with Gasteiger partial charge in [-0.2, -0.15) is 0 Å². The van der Waals surface area contributed by atoms with E-state index in [9.17, 15) is 4.79 Å². The van der Waals surface area contributed by atoms with Crippen molar-refractivity contribution in [1.29, 1.82) is 0 Å². The normalized spacial score (nSPS) is 17.5. The standard InChI is InChI=1S/C6H15NO3Si/c1-11(2,3)6(7,4-8)5(9)10/h8H,4,7H2,1-3H3,(H,9,10)/t6-/m1/s1. The molecule has 5 heteroatoms. The number of aliphatic hydroxyl groups excluding tert-OH is 1. The van der Waals surface area contributed by atoms with Crippen LogP contribution in [0.5, 0.6) is 0 Å². The lowest BCUT2D eigenvalue weighted by Crippen LogP contribution is -2.67. The molecule has 0 rings (SSSR count). The molecule has 0 fully saturated rings. The van der Waals surface area contributed by atoms with Gasteiger partial charge in [-0.15, -0.1) is 0 Å². The lowest BCUT2D eigenvalue weighted by molar-refractivity contribution is -0.141. The number of nitrogens with two attached hydrogens (primary N) is 1. The molecule has 1 atom stereocenters. The van der Waals surface area contributed by atoms with Gasteiger partial charge in [-0.1, -0.05) is 19.6 Å². The minimum absolute atomic E-state index is 0.488. The third-order valence-corrected chi connectivity index (χ3v) is 5.02. The lowest BCUT2D eigenvalue weighted by atomic mass is 10.3. The predicted molar refractivity (Wildman–Crippen MR) is 45.0 cm³/mol. The van der Waals surface area contributed by atoms with Crippen LogP contribution in [-0.4, -0.2) is 36.0 Å². The van der Waals surface area contributed by atoms with Gasteiger partial charge in [0.2, 0.25) is 0 Å². The summed E-state index contributed by atoms with van der Waals surface area (Å²) in [5.74, 6) is -1.11. The van der Waals surface area contributed by atoms with E-state index in [0.29, 0.717) is 0 Å². The molecule has 0 bridgehead atoms. The lowest BCUT2D eigenvalue weighted by Gasteiger charge is -2.34. The molecule has 0 radical (unpaired) electrons. The van der Waals surface area contributed by atoms with Gasteiger partial charge in [0.25, 0.3) is 0 Å². The molecule has 4 N–H and O–H groups in total. The zero-order chi connectivity index (χ0) is 9.28. The molecule has 0 aromatic rings. The van der Waals surface area contributed by atoms with Gasteiger partial charge in [-0.05, 0) is 0 Å². The Morgan fingerprint density at radius 3 is 1.91 bits per heavy atom. The summed E-state index contributed by atoms with van der Waals surface area (Å²) in [5.41, 5.74) is 5.53. The molecule has 0 aliphatic carbocycles. The highest BCUT2D eigenvalue weighted by Gasteiger charge is 2.46. The Morgan fingerprint density at radius 2 is 1.91 bits per heavy atom. The van der Waals surface area contributed by atoms with Crippen molar-refractivity contribution in [3.05, 3.63) is 0 Å². The van der Waals surface area contributed by atoms with Crippen LogP contribution in [-0.2, 0) is 4.79 Å². The summed E-state index contributed by atoms with van der Waals surface area (Å²) < 4.78 is 0. The molecular formula is C6H15NO3Si. The van der Waals surface area contributed by atoms with E-state index in [2.05, 4.69) is 0 Å². The highest BCUT2D eigenvalue weighted by Crippen LogP contribution is 2.17. The molecule has 0 aromatic heterocycles. The van der Waals surface area contributed by atoms with Crippen LogP contribution in [0, 0.1) is 0 Å². The van der Waals surface area contributed by atoms with E-state index in [4.69, 9.17) is 15.9 Å². The largest absolute Gasteiger partial charge is 0.480 e. The molecule has 11 heavy (non-hydrogen) atoms. The van der Waals surface area contributed by atoms with Gasteiger partial charge in [-0.25, -0.2) is 0 Å². The van der Waals surface area contributed by atoms with Crippen molar-refractivity contribution in [3.63, 3.8) is 0 Å². The topological polar surface area (TPSA) is 83.5 Å². The maximum Gasteiger partial charge on any atom is 0.322 e. The molecule has 0 unspecified atom stereocenters. The SMILES string of the molecule is C[Si](C)(C)[C@](N)(CO)C(=O)O. The Balaban J connectivity index is 4.75. The van der Waals surface area contributed by atoms with E-state index in [-0.39, 0.29) is 0 Å². The van der Waals surface area contributed by atoms with E-state index >= 15 is 0 Å². The van der Waals surface area contributed by atoms with Crippen LogP contribution in [0.1, 0.15) is 0 Å². The van der Waals surface area contributed by atoms with Gasteiger partial charge in [0, 0.05) is 0 Å². The first-order chi connectivity index (χ1) is 4.75. The second kappa shape index (κ2) is 2.92. The monoisotopic (exact) mass is 177 g/mol. The number of carbonyl (C=O) groups is 1. The highest BCUT2D eigenvalue weighted by atomic mass is 28.3. The van der Waals surface area contributed by atoms with E-state index in [1.807, 2.05) is 19.6 Å². The van der Waals surface area contributed by atoms with Crippen LogP contribution in [0.4, 0.5) is 0 Å². The Kier molecular flexibility index (Phi) is 2.82. The minimum atomic E-state index is -2.05. The molecule has 0 spiro atoms. The molecule has 0 saturated heterocycles. The van der Waals surface area contributed by atoms with Gasteiger partial charge in [0.15, 0.2) is 0 Å². The van der Waals surface area contributed by atoms with Crippen molar-refractivity contribution in [3.8, 4) is 0 Å². The van der Waals surface area contributed by atoms with E-state index < -0.39 is 25.8 Å². The zero-order valence-electron chi connectivity index (χ0n) is 7.09. The maximum atomic E-state index is 10.6. The summed E-state index contributed by atoms with van der Waals surface area (Å²) >= 11 is 0. The van der Waals surface area contributed by atoms with Crippen LogP contribution < -0.4 is 5.73 Å². The zero-order valence-corrected chi connectivity index (χ0v) is 8.09. The minimum Gasteiger partial charge on any atom is -0.480 e. The van der Waals surface area contributed by atoms with Crippen molar-refractivity contribution in [2.45, 2.75) is 24.8 Å². The second-order valence-corrected chi connectivity index (χ2v) is 9.08. The van der Waals surface area contributed by atoms with Crippen LogP contribution in [0.3, 0.4) is 0 Å². The molecule has 4 nitrogen and oxygen atoms in total. The van der Waals surface area contributed by atoms with Gasteiger partial charge < -0.3 is 15.9 Å². The molecule has 0 saturated carbocycles. The van der Waals surface area contributed by atoms with Crippen LogP contribution >= 0.6 is 0 Å². The summed E-state index contributed by atoms with van der Waals surface area (Å²) in [6.45, 7) is 4.96. The Hall–Kier alpha value is -0.393. The number of rotatable bonds is 3.